The lowest BCUT2D eigenvalue weighted by molar-refractivity contribution is 0.142. The van der Waals surface area contributed by atoms with Crippen LogP contribution in [0.2, 0.25) is 10.0 Å². The minimum atomic E-state index is -1.60. The van der Waals surface area contributed by atoms with Gasteiger partial charge in [0.25, 0.3) is 0 Å². The standard InChI is InChI=1S/C28H21Cl2FN2O5/c1-33-15-19(7-11-27(33)34)25(32-37)14-22(21-9-8-20(29)13-23(21)30)17-4-2-16(3-5-17)18-6-10-26(24(31)12-18)38-28(35)36/h2-13,15,22,37H,14H2,1H3,(H,35,36)/b32-25+. The summed E-state index contributed by atoms with van der Waals surface area (Å²) in [6.45, 7) is 0. The third kappa shape index (κ3) is 6.04. The van der Waals surface area contributed by atoms with Crippen LogP contribution in [0.25, 0.3) is 11.1 Å². The number of carbonyl (C=O) groups is 1. The van der Waals surface area contributed by atoms with Gasteiger partial charge in [0.2, 0.25) is 5.56 Å². The molecule has 0 bridgehead atoms. The van der Waals surface area contributed by atoms with E-state index in [1.54, 1.807) is 55.7 Å². The van der Waals surface area contributed by atoms with E-state index in [1.807, 2.05) is 12.1 Å². The Labute approximate surface area is 227 Å². The Kier molecular flexibility index (Phi) is 8.14. The number of nitrogens with zero attached hydrogens (tertiary/aromatic N) is 2. The van der Waals surface area contributed by atoms with Crippen LogP contribution in [0.5, 0.6) is 5.75 Å². The normalized spacial score (nSPS) is 12.3. The number of rotatable bonds is 7. The van der Waals surface area contributed by atoms with Gasteiger partial charge >= 0.3 is 6.16 Å². The largest absolute Gasteiger partial charge is 0.511 e. The number of pyridine rings is 1. The van der Waals surface area contributed by atoms with Crippen molar-refractivity contribution in [1.82, 2.24) is 4.57 Å². The molecule has 10 heteroatoms. The van der Waals surface area contributed by atoms with E-state index in [9.17, 15) is 19.2 Å². The molecule has 7 nitrogen and oxygen atoms in total. The number of hydrogen-bond acceptors (Lipinski definition) is 5. The van der Waals surface area contributed by atoms with E-state index in [1.165, 1.54) is 22.8 Å². The molecule has 3 aromatic carbocycles. The van der Waals surface area contributed by atoms with E-state index >= 15 is 0 Å². The van der Waals surface area contributed by atoms with Crippen LogP contribution in [0, 0.1) is 5.82 Å². The van der Waals surface area contributed by atoms with Crippen molar-refractivity contribution < 1.29 is 24.2 Å². The first kappa shape index (κ1) is 26.9. The Morgan fingerprint density at radius 3 is 2.34 bits per heavy atom. The summed E-state index contributed by atoms with van der Waals surface area (Å²) in [6.07, 6.45) is 0.231. The molecule has 0 amide bonds. The molecule has 4 aromatic rings. The van der Waals surface area contributed by atoms with Crippen molar-refractivity contribution in [3.8, 4) is 16.9 Å². The summed E-state index contributed by atoms with van der Waals surface area (Å²) in [5.41, 5.74) is 3.50. The lowest BCUT2D eigenvalue weighted by atomic mass is 9.85. The van der Waals surface area contributed by atoms with Crippen molar-refractivity contribution in [2.75, 3.05) is 0 Å². The molecule has 0 aliphatic rings. The lowest BCUT2D eigenvalue weighted by Gasteiger charge is -2.21. The summed E-state index contributed by atoms with van der Waals surface area (Å²) < 4.78 is 20.1. The maximum Gasteiger partial charge on any atom is 0.511 e. The lowest BCUT2D eigenvalue weighted by Crippen LogP contribution is -2.18. The smallest absolute Gasteiger partial charge is 0.449 e. The summed E-state index contributed by atoms with van der Waals surface area (Å²) in [4.78, 5) is 22.5. The monoisotopic (exact) mass is 554 g/mol. The Morgan fingerprint density at radius 2 is 1.74 bits per heavy atom. The van der Waals surface area contributed by atoms with Crippen LogP contribution in [0.1, 0.15) is 29.0 Å². The number of ether oxygens (including phenoxy) is 1. The second-order valence-corrected chi connectivity index (χ2v) is 9.31. The van der Waals surface area contributed by atoms with Crippen molar-refractivity contribution >= 4 is 35.1 Å². The fourth-order valence-electron chi connectivity index (χ4n) is 4.13. The molecule has 0 aliphatic heterocycles. The van der Waals surface area contributed by atoms with Crippen LogP contribution >= 0.6 is 23.2 Å². The molecule has 1 heterocycles. The fourth-order valence-corrected chi connectivity index (χ4v) is 4.67. The number of hydrogen-bond donors (Lipinski definition) is 2. The Morgan fingerprint density at radius 1 is 1.03 bits per heavy atom. The summed E-state index contributed by atoms with van der Waals surface area (Å²) in [7, 11) is 1.61. The molecular formula is C28H21Cl2FN2O5. The Bertz CT molecular complexity index is 1590. The van der Waals surface area contributed by atoms with E-state index in [0.717, 1.165) is 11.1 Å². The van der Waals surface area contributed by atoms with Gasteiger partial charge in [0.15, 0.2) is 11.6 Å². The van der Waals surface area contributed by atoms with Crippen LogP contribution in [-0.4, -0.2) is 26.7 Å². The third-order valence-corrected chi connectivity index (χ3v) is 6.61. The highest BCUT2D eigenvalue weighted by molar-refractivity contribution is 6.35. The van der Waals surface area contributed by atoms with Gasteiger partial charge in [-0.3, -0.25) is 4.79 Å². The average Bonchev–Trinajstić information content (AvgIpc) is 2.88. The molecule has 0 radical (unpaired) electrons. The van der Waals surface area contributed by atoms with Gasteiger partial charge in [0.1, 0.15) is 0 Å². The van der Waals surface area contributed by atoms with Gasteiger partial charge < -0.3 is 19.6 Å². The van der Waals surface area contributed by atoms with Gasteiger partial charge in [0, 0.05) is 47.3 Å². The zero-order valence-electron chi connectivity index (χ0n) is 19.9. The zero-order chi connectivity index (χ0) is 27.4. The van der Waals surface area contributed by atoms with Crippen LogP contribution in [-0.2, 0) is 7.05 Å². The average molecular weight is 555 g/mol. The Hall–Kier alpha value is -4.14. The highest BCUT2D eigenvalue weighted by Crippen LogP contribution is 2.36. The molecule has 1 atom stereocenters. The zero-order valence-corrected chi connectivity index (χ0v) is 21.4. The molecule has 4 rings (SSSR count). The van der Waals surface area contributed by atoms with Crippen molar-refractivity contribution in [2.45, 2.75) is 12.3 Å². The number of halogens is 3. The summed E-state index contributed by atoms with van der Waals surface area (Å²) >= 11 is 12.7. The number of aromatic nitrogens is 1. The number of oxime groups is 1. The molecule has 0 saturated carbocycles. The number of carboxylic acid groups (broad SMARTS) is 1. The molecular weight excluding hydrogens is 534 g/mol. The van der Waals surface area contributed by atoms with Crippen molar-refractivity contribution in [3.63, 3.8) is 0 Å². The third-order valence-electron chi connectivity index (χ3n) is 6.05. The molecule has 0 fully saturated rings. The van der Waals surface area contributed by atoms with Crippen LogP contribution < -0.4 is 10.3 Å². The van der Waals surface area contributed by atoms with E-state index in [4.69, 9.17) is 28.3 Å². The maximum atomic E-state index is 14.3. The minimum absolute atomic E-state index is 0.196. The summed E-state index contributed by atoms with van der Waals surface area (Å²) in [5, 5.41) is 23.0. The van der Waals surface area contributed by atoms with E-state index in [2.05, 4.69) is 9.89 Å². The molecule has 2 N–H and O–H groups in total. The molecule has 194 valence electrons. The second-order valence-electron chi connectivity index (χ2n) is 8.47. The first-order valence-electron chi connectivity index (χ1n) is 11.3. The van der Waals surface area contributed by atoms with Crippen molar-refractivity contribution in [3.05, 3.63) is 122 Å². The second kappa shape index (κ2) is 11.5. The SMILES string of the molecule is Cn1cc(/C(CC(c2ccc(-c3ccc(OC(=O)O)c(F)c3)cc2)c2ccc(Cl)cc2Cl)=N/O)ccc1=O. The summed E-state index contributed by atoms with van der Waals surface area (Å²) in [5.74, 6) is -1.55. The van der Waals surface area contributed by atoms with Gasteiger partial charge in [0.05, 0.1) is 5.71 Å². The topological polar surface area (TPSA) is 101 Å². The van der Waals surface area contributed by atoms with Crippen molar-refractivity contribution in [2.24, 2.45) is 12.2 Å². The molecule has 38 heavy (non-hydrogen) atoms. The predicted octanol–water partition coefficient (Wildman–Crippen LogP) is 6.96. The van der Waals surface area contributed by atoms with Crippen LogP contribution in [0.3, 0.4) is 0 Å². The maximum absolute atomic E-state index is 14.3. The Balaban J connectivity index is 1.71. The molecule has 0 spiro atoms. The number of aryl methyl sites for hydroxylation is 1. The molecule has 0 saturated heterocycles. The van der Waals surface area contributed by atoms with E-state index < -0.39 is 12.0 Å². The highest BCUT2D eigenvalue weighted by Gasteiger charge is 2.22. The van der Waals surface area contributed by atoms with Gasteiger partial charge in [-0.25, -0.2) is 9.18 Å². The number of benzene rings is 3. The van der Waals surface area contributed by atoms with Crippen LogP contribution in [0.15, 0.2) is 88.9 Å². The quantitative estimate of drug-likeness (QED) is 0.0845. The van der Waals surface area contributed by atoms with Crippen LogP contribution in [0.4, 0.5) is 9.18 Å². The first-order chi connectivity index (χ1) is 18.2. The predicted molar refractivity (Wildman–Crippen MR) is 143 cm³/mol. The first-order valence-corrected chi connectivity index (χ1v) is 12.1. The van der Waals surface area contributed by atoms with Gasteiger partial charge in [-0.15, -0.1) is 0 Å². The molecule has 1 aromatic heterocycles. The van der Waals surface area contributed by atoms with E-state index in [0.29, 0.717) is 32.4 Å². The van der Waals surface area contributed by atoms with Gasteiger partial charge in [-0.2, -0.15) is 0 Å². The van der Waals surface area contributed by atoms with E-state index in [-0.39, 0.29) is 23.6 Å². The molecule has 0 aliphatic carbocycles. The fraction of sp³-hybridized carbons (Fsp3) is 0.107. The minimum Gasteiger partial charge on any atom is -0.449 e. The molecule has 1 unspecified atom stereocenters. The summed E-state index contributed by atoms with van der Waals surface area (Å²) in [6, 6.07) is 19.4. The highest BCUT2D eigenvalue weighted by atomic mass is 35.5. The van der Waals surface area contributed by atoms with Gasteiger partial charge in [-0.05, 0) is 52.6 Å². The van der Waals surface area contributed by atoms with Gasteiger partial charge in [-0.1, -0.05) is 64.8 Å². The van der Waals surface area contributed by atoms with Crippen molar-refractivity contribution in [1.29, 1.82) is 0 Å².